The average Bonchev–Trinajstić information content (AvgIpc) is 2.55. The Morgan fingerprint density at radius 3 is 2.86 bits per heavy atom. The van der Waals surface area contributed by atoms with Gasteiger partial charge in [-0.1, -0.05) is 18.2 Å². The van der Waals surface area contributed by atoms with Crippen LogP contribution in [0.2, 0.25) is 0 Å². The molecule has 0 aliphatic carbocycles. The van der Waals surface area contributed by atoms with Gasteiger partial charge in [0.1, 0.15) is 5.75 Å². The van der Waals surface area contributed by atoms with Gasteiger partial charge in [-0.15, -0.1) is 0 Å². The van der Waals surface area contributed by atoms with E-state index in [1.807, 2.05) is 30.0 Å². The second-order valence-corrected chi connectivity index (χ2v) is 5.55. The van der Waals surface area contributed by atoms with Crippen molar-refractivity contribution in [1.29, 1.82) is 0 Å². The van der Waals surface area contributed by atoms with Crippen molar-refractivity contribution in [3.05, 3.63) is 29.8 Å². The van der Waals surface area contributed by atoms with Crippen molar-refractivity contribution in [2.75, 3.05) is 32.9 Å². The number of fused-ring (bicyclic) bond motifs is 1. The van der Waals surface area contributed by atoms with E-state index in [0.29, 0.717) is 32.9 Å². The standard InChI is InChI=1S/C16H22N2O3/c1-12(16(19)18-7-10-20-11-8-18)17-14-6-9-21-15-5-3-2-4-13(14)15/h2-5,12,14,17H,6-11H2,1H3. The molecule has 21 heavy (non-hydrogen) atoms. The molecule has 1 saturated heterocycles. The molecule has 0 saturated carbocycles. The Labute approximate surface area is 125 Å². The Hall–Kier alpha value is -1.59. The van der Waals surface area contributed by atoms with E-state index in [1.165, 1.54) is 0 Å². The van der Waals surface area contributed by atoms with Gasteiger partial charge >= 0.3 is 0 Å². The molecule has 1 aromatic rings. The lowest BCUT2D eigenvalue weighted by Crippen LogP contribution is -2.50. The van der Waals surface area contributed by atoms with E-state index in [0.717, 1.165) is 17.7 Å². The quantitative estimate of drug-likeness (QED) is 0.913. The molecule has 5 heteroatoms. The Morgan fingerprint density at radius 2 is 2.05 bits per heavy atom. The second-order valence-electron chi connectivity index (χ2n) is 5.55. The number of nitrogens with one attached hydrogen (secondary N) is 1. The largest absolute Gasteiger partial charge is 0.493 e. The third kappa shape index (κ3) is 3.19. The summed E-state index contributed by atoms with van der Waals surface area (Å²) in [6.07, 6.45) is 0.887. The molecule has 1 amide bonds. The second kappa shape index (κ2) is 6.45. The Morgan fingerprint density at radius 1 is 1.29 bits per heavy atom. The Balaban J connectivity index is 1.65. The monoisotopic (exact) mass is 290 g/mol. The van der Waals surface area contributed by atoms with Crippen LogP contribution >= 0.6 is 0 Å². The van der Waals surface area contributed by atoms with Gasteiger partial charge in [-0.2, -0.15) is 0 Å². The molecule has 2 aliphatic rings. The first-order valence-corrected chi connectivity index (χ1v) is 7.60. The zero-order valence-corrected chi connectivity index (χ0v) is 12.4. The lowest BCUT2D eigenvalue weighted by Gasteiger charge is -2.33. The highest BCUT2D eigenvalue weighted by Crippen LogP contribution is 2.31. The fourth-order valence-corrected chi connectivity index (χ4v) is 2.95. The maximum absolute atomic E-state index is 12.5. The lowest BCUT2D eigenvalue weighted by molar-refractivity contribution is -0.137. The maximum Gasteiger partial charge on any atom is 0.239 e. The summed E-state index contributed by atoms with van der Waals surface area (Å²) in [5.74, 6) is 1.08. The first-order valence-electron chi connectivity index (χ1n) is 7.60. The molecule has 0 spiro atoms. The fraction of sp³-hybridized carbons (Fsp3) is 0.562. The van der Waals surface area contributed by atoms with Crippen molar-refractivity contribution in [3.8, 4) is 5.75 Å². The van der Waals surface area contributed by atoms with Crippen LogP contribution in [0.5, 0.6) is 5.75 Å². The molecule has 3 rings (SSSR count). The predicted octanol–water partition coefficient (Wildman–Crippen LogP) is 1.35. The molecule has 0 aromatic heterocycles. The Bertz CT molecular complexity index is 500. The number of hydrogen-bond acceptors (Lipinski definition) is 4. The summed E-state index contributed by atoms with van der Waals surface area (Å²) in [6.45, 7) is 5.28. The third-order valence-corrected chi connectivity index (χ3v) is 4.10. The number of morpholine rings is 1. The average molecular weight is 290 g/mol. The van der Waals surface area contributed by atoms with Crippen molar-refractivity contribution < 1.29 is 14.3 Å². The summed E-state index contributed by atoms with van der Waals surface area (Å²) in [7, 11) is 0. The highest BCUT2D eigenvalue weighted by Gasteiger charge is 2.27. The summed E-state index contributed by atoms with van der Waals surface area (Å²) in [4.78, 5) is 14.3. The molecular formula is C16H22N2O3. The van der Waals surface area contributed by atoms with Crippen LogP contribution in [-0.4, -0.2) is 49.8 Å². The van der Waals surface area contributed by atoms with Gasteiger partial charge in [-0.05, 0) is 13.0 Å². The number of ether oxygens (including phenoxy) is 2. The first kappa shape index (κ1) is 14.4. The molecule has 1 fully saturated rings. The molecule has 114 valence electrons. The number of para-hydroxylation sites is 1. The van der Waals surface area contributed by atoms with E-state index < -0.39 is 0 Å². The van der Waals surface area contributed by atoms with Crippen LogP contribution in [0.1, 0.15) is 24.9 Å². The van der Waals surface area contributed by atoms with Gasteiger partial charge in [0.2, 0.25) is 5.91 Å². The van der Waals surface area contributed by atoms with Crippen LogP contribution in [0, 0.1) is 0 Å². The fourth-order valence-electron chi connectivity index (χ4n) is 2.95. The van der Waals surface area contributed by atoms with Gasteiger partial charge in [-0.25, -0.2) is 0 Å². The number of carbonyl (C=O) groups excluding carboxylic acids is 1. The van der Waals surface area contributed by atoms with Crippen LogP contribution in [0.4, 0.5) is 0 Å². The minimum absolute atomic E-state index is 0.155. The lowest BCUT2D eigenvalue weighted by atomic mass is 9.99. The van der Waals surface area contributed by atoms with Crippen LogP contribution in [0.25, 0.3) is 0 Å². The summed E-state index contributed by atoms with van der Waals surface area (Å²) >= 11 is 0. The molecule has 5 nitrogen and oxygen atoms in total. The minimum atomic E-state index is -0.195. The Kier molecular flexibility index (Phi) is 4.41. The summed E-state index contributed by atoms with van der Waals surface area (Å²) < 4.78 is 11.0. The molecule has 0 bridgehead atoms. The molecule has 2 atom stereocenters. The molecule has 2 unspecified atom stereocenters. The van der Waals surface area contributed by atoms with Gasteiger partial charge in [0.05, 0.1) is 25.9 Å². The molecular weight excluding hydrogens is 268 g/mol. The molecule has 2 aliphatic heterocycles. The predicted molar refractivity (Wildman–Crippen MR) is 79.3 cm³/mol. The summed E-state index contributed by atoms with van der Waals surface area (Å²) in [5.41, 5.74) is 1.14. The molecule has 0 radical (unpaired) electrons. The van der Waals surface area contributed by atoms with Gasteiger partial charge in [0.15, 0.2) is 0 Å². The van der Waals surface area contributed by atoms with E-state index in [2.05, 4.69) is 11.4 Å². The smallest absolute Gasteiger partial charge is 0.239 e. The van der Waals surface area contributed by atoms with E-state index in [1.54, 1.807) is 0 Å². The number of hydrogen-bond donors (Lipinski definition) is 1. The molecule has 1 N–H and O–H groups in total. The minimum Gasteiger partial charge on any atom is -0.493 e. The van der Waals surface area contributed by atoms with Gasteiger partial charge in [0, 0.05) is 31.1 Å². The van der Waals surface area contributed by atoms with Gasteiger partial charge in [0.25, 0.3) is 0 Å². The van der Waals surface area contributed by atoms with Crippen LogP contribution in [0.3, 0.4) is 0 Å². The van der Waals surface area contributed by atoms with Crippen molar-refractivity contribution in [2.45, 2.75) is 25.4 Å². The van der Waals surface area contributed by atoms with Crippen molar-refractivity contribution >= 4 is 5.91 Å². The highest BCUT2D eigenvalue weighted by atomic mass is 16.5. The third-order valence-electron chi connectivity index (χ3n) is 4.10. The van der Waals surface area contributed by atoms with Crippen molar-refractivity contribution in [2.24, 2.45) is 0 Å². The SMILES string of the molecule is CC(NC1CCOc2ccccc21)C(=O)N1CCOCC1. The van der Waals surface area contributed by atoms with E-state index in [9.17, 15) is 4.79 Å². The zero-order valence-electron chi connectivity index (χ0n) is 12.4. The zero-order chi connectivity index (χ0) is 14.7. The van der Waals surface area contributed by atoms with E-state index in [4.69, 9.17) is 9.47 Å². The molecule has 2 heterocycles. The summed E-state index contributed by atoms with van der Waals surface area (Å²) in [5, 5.41) is 3.46. The maximum atomic E-state index is 12.5. The number of carbonyl (C=O) groups is 1. The van der Waals surface area contributed by atoms with Gasteiger partial charge < -0.3 is 14.4 Å². The number of benzene rings is 1. The molecule has 1 aromatic carbocycles. The van der Waals surface area contributed by atoms with E-state index in [-0.39, 0.29) is 18.0 Å². The van der Waals surface area contributed by atoms with Gasteiger partial charge in [-0.3, -0.25) is 10.1 Å². The van der Waals surface area contributed by atoms with Crippen LogP contribution in [-0.2, 0) is 9.53 Å². The highest BCUT2D eigenvalue weighted by molar-refractivity contribution is 5.81. The topological polar surface area (TPSA) is 50.8 Å². The number of amides is 1. The van der Waals surface area contributed by atoms with Crippen LogP contribution < -0.4 is 10.1 Å². The van der Waals surface area contributed by atoms with E-state index >= 15 is 0 Å². The van der Waals surface area contributed by atoms with Crippen molar-refractivity contribution in [3.63, 3.8) is 0 Å². The normalized spacial score (nSPS) is 23.1. The first-order chi connectivity index (χ1) is 10.3. The summed E-state index contributed by atoms with van der Waals surface area (Å²) in [6, 6.07) is 8.02. The van der Waals surface area contributed by atoms with Crippen molar-refractivity contribution in [1.82, 2.24) is 10.2 Å². The van der Waals surface area contributed by atoms with Crippen LogP contribution in [0.15, 0.2) is 24.3 Å². The number of nitrogens with zero attached hydrogens (tertiary/aromatic N) is 1. The number of rotatable bonds is 3.